The molecule has 0 spiro atoms. The van der Waals surface area contributed by atoms with Gasteiger partial charge in [-0.15, -0.1) is 0 Å². The highest BCUT2D eigenvalue weighted by molar-refractivity contribution is 9.10. The van der Waals surface area contributed by atoms with Crippen LogP contribution in [-0.2, 0) is 0 Å². The number of benzene rings is 1. The quantitative estimate of drug-likeness (QED) is 0.792. The third kappa shape index (κ3) is 1.65. The predicted octanol–water partition coefficient (Wildman–Crippen LogP) is 2.53. The standard InChI is InChI=1S/C10H10BrN3/c1-7-2-3-10(9(12)4-7)14-6-8(11)5-13-14/h2-6H,12H2,1H3. The molecule has 3 nitrogen and oxygen atoms in total. The molecule has 0 aliphatic carbocycles. The van der Waals surface area contributed by atoms with Gasteiger partial charge in [-0.1, -0.05) is 6.07 Å². The van der Waals surface area contributed by atoms with E-state index < -0.39 is 0 Å². The van der Waals surface area contributed by atoms with Crippen LogP contribution in [0, 0.1) is 6.92 Å². The Morgan fingerprint density at radius 1 is 1.43 bits per heavy atom. The molecule has 72 valence electrons. The molecule has 0 bridgehead atoms. The average Bonchev–Trinajstić information content (AvgIpc) is 2.51. The van der Waals surface area contributed by atoms with Crippen LogP contribution in [0.1, 0.15) is 5.56 Å². The lowest BCUT2D eigenvalue weighted by molar-refractivity contribution is 0.882. The number of hydrogen-bond acceptors (Lipinski definition) is 2. The van der Waals surface area contributed by atoms with Crippen LogP contribution in [0.15, 0.2) is 35.1 Å². The van der Waals surface area contributed by atoms with Gasteiger partial charge >= 0.3 is 0 Å². The van der Waals surface area contributed by atoms with Crippen molar-refractivity contribution in [3.8, 4) is 5.69 Å². The fourth-order valence-corrected chi connectivity index (χ4v) is 1.60. The van der Waals surface area contributed by atoms with Gasteiger partial charge in [0, 0.05) is 6.20 Å². The Labute approximate surface area is 90.7 Å². The van der Waals surface area contributed by atoms with Crippen molar-refractivity contribution in [2.75, 3.05) is 5.73 Å². The Hall–Kier alpha value is -1.29. The third-order valence-corrected chi connectivity index (χ3v) is 2.39. The molecule has 0 radical (unpaired) electrons. The number of rotatable bonds is 1. The Morgan fingerprint density at radius 2 is 2.21 bits per heavy atom. The van der Waals surface area contributed by atoms with Gasteiger partial charge < -0.3 is 5.73 Å². The minimum atomic E-state index is 0.737. The highest BCUT2D eigenvalue weighted by Gasteiger charge is 2.02. The zero-order valence-electron chi connectivity index (χ0n) is 7.74. The van der Waals surface area contributed by atoms with Gasteiger partial charge in [-0.25, -0.2) is 4.68 Å². The van der Waals surface area contributed by atoms with Crippen LogP contribution in [0.3, 0.4) is 0 Å². The number of aromatic nitrogens is 2. The van der Waals surface area contributed by atoms with Crippen molar-refractivity contribution in [3.05, 3.63) is 40.6 Å². The van der Waals surface area contributed by atoms with Crippen LogP contribution in [0.25, 0.3) is 5.69 Å². The van der Waals surface area contributed by atoms with Crippen molar-refractivity contribution in [1.82, 2.24) is 9.78 Å². The zero-order valence-corrected chi connectivity index (χ0v) is 9.32. The molecule has 1 heterocycles. The van der Waals surface area contributed by atoms with Gasteiger partial charge in [0.1, 0.15) is 0 Å². The summed E-state index contributed by atoms with van der Waals surface area (Å²) >= 11 is 3.34. The lowest BCUT2D eigenvalue weighted by atomic mass is 10.2. The lowest BCUT2D eigenvalue weighted by Crippen LogP contribution is -2.00. The number of hydrogen-bond donors (Lipinski definition) is 1. The summed E-state index contributed by atoms with van der Waals surface area (Å²) in [6.07, 6.45) is 3.61. The second-order valence-electron chi connectivity index (χ2n) is 3.17. The summed E-state index contributed by atoms with van der Waals surface area (Å²) in [5.41, 5.74) is 8.68. The minimum Gasteiger partial charge on any atom is -0.397 e. The molecule has 0 fully saturated rings. The van der Waals surface area contributed by atoms with Crippen LogP contribution >= 0.6 is 15.9 Å². The smallest absolute Gasteiger partial charge is 0.0875 e. The van der Waals surface area contributed by atoms with Gasteiger partial charge in [-0.3, -0.25) is 0 Å². The summed E-state index contributed by atoms with van der Waals surface area (Å²) in [5, 5.41) is 4.17. The van der Waals surface area contributed by atoms with Crippen molar-refractivity contribution in [2.24, 2.45) is 0 Å². The van der Waals surface area contributed by atoms with Crippen molar-refractivity contribution in [3.63, 3.8) is 0 Å². The summed E-state index contributed by atoms with van der Waals surface area (Å²) in [5.74, 6) is 0. The van der Waals surface area contributed by atoms with E-state index in [4.69, 9.17) is 5.73 Å². The highest BCUT2D eigenvalue weighted by atomic mass is 79.9. The van der Waals surface area contributed by atoms with E-state index in [0.29, 0.717) is 0 Å². The maximum Gasteiger partial charge on any atom is 0.0875 e. The first-order chi connectivity index (χ1) is 6.66. The predicted molar refractivity (Wildman–Crippen MR) is 60.4 cm³/mol. The van der Waals surface area contributed by atoms with E-state index in [1.807, 2.05) is 31.3 Å². The van der Waals surface area contributed by atoms with Crippen LogP contribution in [0.4, 0.5) is 5.69 Å². The molecular formula is C10H10BrN3. The number of aryl methyl sites for hydroxylation is 1. The highest BCUT2D eigenvalue weighted by Crippen LogP contribution is 2.19. The molecule has 2 rings (SSSR count). The molecule has 0 aliphatic rings. The zero-order chi connectivity index (χ0) is 10.1. The SMILES string of the molecule is Cc1ccc(-n2cc(Br)cn2)c(N)c1. The molecule has 2 aromatic rings. The molecule has 0 atom stereocenters. The second kappa shape index (κ2) is 3.46. The fourth-order valence-electron chi connectivity index (χ4n) is 1.32. The van der Waals surface area contributed by atoms with Crippen molar-refractivity contribution in [2.45, 2.75) is 6.92 Å². The second-order valence-corrected chi connectivity index (χ2v) is 4.08. The summed E-state index contributed by atoms with van der Waals surface area (Å²) in [6.45, 7) is 2.01. The Bertz CT molecular complexity index is 462. The molecule has 0 saturated heterocycles. The first-order valence-electron chi connectivity index (χ1n) is 4.23. The maximum absolute atomic E-state index is 5.89. The van der Waals surface area contributed by atoms with Gasteiger partial charge in [0.2, 0.25) is 0 Å². The topological polar surface area (TPSA) is 43.8 Å². The molecule has 0 unspecified atom stereocenters. The molecule has 1 aromatic heterocycles. The Kier molecular flexibility index (Phi) is 2.29. The molecule has 1 aromatic carbocycles. The summed E-state index contributed by atoms with van der Waals surface area (Å²) in [7, 11) is 0. The first kappa shape index (κ1) is 9.27. The van der Waals surface area contributed by atoms with Gasteiger partial charge in [0.05, 0.1) is 22.0 Å². The largest absolute Gasteiger partial charge is 0.397 e. The van der Waals surface area contributed by atoms with Crippen molar-refractivity contribution < 1.29 is 0 Å². The molecule has 4 heteroatoms. The van der Waals surface area contributed by atoms with Crippen LogP contribution in [0.5, 0.6) is 0 Å². The van der Waals surface area contributed by atoms with Crippen molar-refractivity contribution >= 4 is 21.6 Å². The van der Waals surface area contributed by atoms with Crippen LogP contribution < -0.4 is 5.73 Å². The van der Waals surface area contributed by atoms with Gasteiger partial charge in [0.15, 0.2) is 0 Å². The van der Waals surface area contributed by atoms with Crippen molar-refractivity contribution in [1.29, 1.82) is 0 Å². The van der Waals surface area contributed by atoms with E-state index in [-0.39, 0.29) is 0 Å². The average molecular weight is 252 g/mol. The number of nitrogen functional groups attached to an aromatic ring is 1. The van der Waals surface area contributed by atoms with E-state index >= 15 is 0 Å². The molecule has 0 aliphatic heterocycles. The van der Waals surface area contributed by atoms with E-state index in [0.717, 1.165) is 21.4 Å². The fraction of sp³-hybridized carbons (Fsp3) is 0.100. The number of nitrogens with two attached hydrogens (primary N) is 1. The molecule has 2 N–H and O–H groups in total. The molecule has 0 amide bonds. The summed E-state index contributed by atoms with van der Waals surface area (Å²) in [6, 6.07) is 5.91. The van der Waals surface area contributed by atoms with E-state index in [1.165, 1.54) is 0 Å². The molecular weight excluding hydrogens is 242 g/mol. The Morgan fingerprint density at radius 3 is 2.79 bits per heavy atom. The third-order valence-electron chi connectivity index (χ3n) is 1.98. The van der Waals surface area contributed by atoms with Crippen LogP contribution in [0.2, 0.25) is 0 Å². The van der Waals surface area contributed by atoms with E-state index in [2.05, 4.69) is 21.0 Å². The summed E-state index contributed by atoms with van der Waals surface area (Å²) < 4.78 is 2.69. The number of nitrogens with zero attached hydrogens (tertiary/aromatic N) is 2. The molecule has 14 heavy (non-hydrogen) atoms. The summed E-state index contributed by atoms with van der Waals surface area (Å²) in [4.78, 5) is 0. The molecule has 0 saturated carbocycles. The number of anilines is 1. The maximum atomic E-state index is 5.89. The monoisotopic (exact) mass is 251 g/mol. The first-order valence-corrected chi connectivity index (χ1v) is 5.03. The Balaban J connectivity index is 2.52. The normalized spacial score (nSPS) is 10.4. The number of halogens is 1. The van der Waals surface area contributed by atoms with E-state index in [1.54, 1.807) is 10.9 Å². The lowest BCUT2D eigenvalue weighted by Gasteiger charge is -2.05. The van der Waals surface area contributed by atoms with E-state index in [9.17, 15) is 0 Å². The van der Waals surface area contributed by atoms with Gasteiger partial charge in [-0.05, 0) is 40.5 Å². The van der Waals surface area contributed by atoms with Crippen LogP contribution in [-0.4, -0.2) is 9.78 Å². The van der Waals surface area contributed by atoms with Gasteiger partial charge in [0.25, 0.3) is 0 Å². The minimum absolute atomic E-state index is 0.737. The van der Waals surface area contributed by atoms with Gasteiger partial charge in [-0.2, -0.15) is 5.10 Å².